The summed E-state index contributed by atoms with van der Waals surface area (Å²) in [6.45, 7) is 3.72. The molecule has 1 aromatic heterocycles. The van der Waals surface area contributed by atoms with E-state index >= 15 is 0 Å². The minimum Gasteiger partial charge on any atom is -0.341 e. The molecule has 2 aromatic carbocycles. The number of benzene rings is 2. The second-order valence-corrected chi connectivity index (χ2v) is 7.57. The van der Waals surface area contributed by atoms with Crippen LogP contribution in [0.5, 0.6) is 0 Å². The summed E-state index contributed by atoms with van der Waals surface area (Å²) < 4.78 is 1.77. The van der Waals surface area contributed by atoms with Crippen molar-refractivity contribution in [1.29, 1.82) is 0 Å². The van der Waals surface area contributed by atoms with Gasteiger partial charge in [-0.2, -0.15) is 0 Å². The lowest BCUT2D eigenvalue weighted by Crippen LogP contribution is -2.30. The minimum atomic E-state index is -0.676. The molecular weight excluding hydrogens is 378 g/mol. The van der Waals surface area contributed by atoms with Crippen molar-refractivity contribution in [3.05, 3.63) is 65.9 Å². The molecule has 6 heteroatoms. The number of nitrogens with zero attached hydrogens (tertiary/aromatic N) is 2. The van der Waals surface area contributed by atoms with Gasteiger partial charge in [-0.3, -0.25) is 14.4 Å². The number of nitrogens with one attached hydrogen (secondary N) is 1. The quantitative estimate of drug-likeness (QED) is 0.504. The third-order valence-corrected chi connectivity index (χ3v) is 5.65. The molecule has 3 aromatic rings. The standard InChI is InChI=1S/C24H25N3O3/c1-2-17-9-3-5-11-20(17)25-24(30)23(29)19-15-27(21-12-6-4-10-18(19)21)16-22(28)26-13-7-8-14-26/h3-6,9-12,15H,2,7-8,13-14,16H2,1H3,(H,25,30). The topological polar surface area (TPSA) is 71.4 Å². The highest BCUT2D eigenvalue weighted by molar-refractivity contribution is 6.48. The van der Waals surface area contributed by atoms with Crippen LogP contribution >= 0.6 is 0 Å². The molecule has 0 saturated carbocycles. The Morgan fingerprint density at radius 2 is 1.67 bits per heavy atom. The summed E-state index contributed by atoms with van der Waals surface area (Å²) in [6, 6.07) is 14.8. The van der Waals surface area contributed by atoms with Crippen LogP contribution in [0, 0.1) is 0 Å². The smallest absolute Gasteiger partial charge is 0.296 e. The lowest BCUT2D eigenvalue weighted by Gasteiger charge is -2.15. The van der Waals surface area contributed by atoms with E-state index in [0.29, 0.717) is 16.6 Å². The van der Waals surface area contributed by atoms with Gasteiger partial charge in [0, 0.05) is 35.9 Å². The summed E-state index contributed by atoms with van der Waals surface area (Å²) in [7, 11) is 0. The van der Waals surface area contributed by atoms with Gasteiger partial charge in [-0.1, -0.05) is 43.3 Å². The average molecular weight is 403 g/mol. The fourth-order valence-electron chi connectivity index (χ4n) is 4.02. The summed E-state index contributed by atoms with van der Waals surface area (Å²) in [5.74, 6) is -1.25. The van der Waals surface area contributed by atoms with E-state index < -0.39 is 11.7 Å². The van der Waals surface area contributed by atoms with Gasteiger partial charge in [0.2, 0.25) is 5.91 Å². The predicted octanol–water partition coefficient (Wildman–Crippen LogP) is 3.65. The normalized spacial score (nSPS) is 13.6. The van der Waals surface area contributed by atoms with Crippen LogP contribution in [0.2, 0.25) is 0 Å². The number of Topliss-reactive ketones (excluding diaryl/α,β-unsaturated/α-hetero) is 1. The van der Waals surface area contributed by atoms with E-state index in [1.54, 1.807) is 16.8 Å². The number of fused-ring (bicyclic) bond motifs is 1. The van der Waals surface area contributed by atoms with E-state index in [1.807, 2.05) is 54.3 Å². The molecule has 1 aliphatic rings. The summed E-state index contributed by atoms with van der Waals surface area (Å²) in [6.07, 6.45) is 4.44. The summed E-state index contributed by atoms with van der Waals surface area (Å²) in [5, 5.41) is 3.42. The molecule has 6 nitrogen and oxygen atoms in total. The van der Waals surface area contributed by atoms with Crippen molar-refractivity contribution < 1.29 is 14.4 Å². The summed E-state index contributed by atoms with van der Waals surface area (Å²) in [5.41, 5.74) is 2.70. The molecule has 1 fully saturated rings. The number of para-hydroxylation sites is 2. The first-order valence-corrected chi connectivity index (χ1v) is 10.4. The van der Waals surface area contributed by atoms with Crippen molar-refractivity contribution >= 4 is 34.2 Å². The van der Waals surface area contributed by atoms with E-state index in [-0.39, 0.29) is 12.5 Å². The number of amides is 2. The number of hydrogen-bond donors (Lipinski definition) is 1. The number of carbonyl (C=O) groups excluding carboxylic acids is 3. The van der Waals surface area contributed by atoms with E-state index in [0.717, 1.165) is 43.4 Å². The van der Waals surface area contributed by atoms with Crippen LogP contribution in [0.25, 0.3) is 10.9 Å². The first-order valence-electron chi connectivity index (χ1n) is 10.4. The molecule has 1 saturated heterocycles. The van der Waals surface area contributed by atoms with Gasteiger partial charge in [0.05, 0.1) is 5.56 Å². The van der Waals surface area contributed by atoms with E-state index in [2.05, 4.69) is 5.32 Å². The zero-order valence-corrected chi connectivity index (χ0v) is 17.1. The minimum absolute atomic E-state index is 0.0357. The maximum atomic E-state index is 13.0. The van der Waals surface area contributed by atoms with Crippen LogP contribution in [0.3, 0.4) is 0 Å². The van der Waals surface area contributed by atoms with Gasteiger partial charge >= 0.3 is 0 Å². The lowest BCUT2D eigenvalue weighted by molar-refractivity contribution is -0.130. The van der Waals surface area contributed by atoms with Crippen molar-refractivity contribution in [3.8, 4) is 0 Å². The number of ketones is 1. The van der Waals surface area contributed by atoms with Crippen LogP contribution in [0.4, 0.5) is 5.69 Å². The molecular formula is C24H25N3O3. The first-order chi connectivity index (χ1) is 14.6. The molecule has 1 N–H and O–H groups in total. The molecule has 0 spiro atoms. The van der Waals surface area contributed by atoms with Gasteiger partial charge in [-0.25, -0.2) is 0 Å². The van der Waals surface area contributed by atoms with Gasteiger partial charge < -0.3 is 14.8 Å². The molecule has 0 unspecified atom stereocenters. The average Bonchev–Trinajstić information content (AvgIpc) is 3.42. The van der Waals surface area contributed by atoms with Gasteiger partial charge in [0.15, 0.2) is 0 Å². The number of hydrogen-bond acceptors (Lipinski definition) is 3. The largest absolute Gasteiger partial charge is 0.341 e. The fraction of sp³-hybridized carbons (Fsp3) is 0.292. The SMILES string of the molecule is CCc1ccccc1NC(=O)C(=O)c1cn(CC(=O)N2CCCC2)c2ccccc12. The van der Waals surface area contributed by atoms with Gasteiger partial charge in [0.1, 0.15) is 6.54 Å². The highest BCUT2D eigenvalue weighted by Gasteiger charge is 2.24. The third kappa shape index (κ3) is 3.85. The van der Waals surface area contributed by atoms with Crippen molar-refractivity contribution in [2.45, 2.75) is 32.7 Å². The molecule has 0 aliphatic carbocycles. The molecule has 0 bridgehead atoms. The zero-order chi connectivity index (χ0) is 21.1. The van der Waals surface area contributed by atoms with Crippen molar-refractivity contribution in [1.82, 2.24) is 9.47 Å². The maximum absolute atomic E-state index is 13.0. The monoisotopic (exact) mass is 403 g/mol. The van der Waals surface area contributed by atoms with Crippen LogP contribution in [0.1, 0.15) is 35.7 Å². The fourth-order valence-corrected chi connectivity index (χ4v) is 4.02. The Balaban J connectivity index is 1.61. The molecule has 4 rings (SSSR count). The van der Waals surface area contributed by atoms with Crippen molar-refractivity contribution in [3.63, 3.8) is 0 Å². The molecule has 154 valence electrons. The number of likely N-dealkylation sites (tertiary alicyclic amines) is 1. The lowest BCUT2D eigenvalue weighted by atomic mass is 10.1. The van der Waals surface area contributed by atoms with Gasteiger partial charge in [-0.15, -0.1) is 0 Å². The Hall–Kier alpha value is -3.41. The second kappa shape index (κ2) is 8.53. The highest BCUT2D eigenvalue weighted by atomic mass is 16.2. The van der Waals surface area contributed by atoms with Crippen molar-refractivity contribution in [2.24, 2.45) is 0 Å². The zero-order valence-electron chi connectivity index (χ0n) is 17.1. The molecule has 2 amide bonds. The molecule has 30 heavy (non-hydrogen) atoms. The molecule has 2 heterocycles. The van der Waals surface area contributed by atoms with E-state index in [4.69, 9.17) is 0 Å². The Morgan fingerprint density at radius 3 is 2.43 bits per heavy atom. The number of aryl methyl sites for hydroxylation is 1. The maximum Gasteiger partial charge on any atom is 0.296 e. The number of rotatable bonds is 6. The Morgan fingerprint density at radius 1 is 0.967 bits per heavy atom. The third-order valence-electron chi connectivity index (χ3n) is 5.65. The summed E-state index contributed by atoms with van der Waals surface area (Å²) in [4.78, 5) is 40.2. The number of aromatic nitrogens is 1. The van der Waals surface area contributed by atoms with Crippen LogP contribution in [-0.2, 0) is 22.6 Å². The second-order valence-electron chi connectivity index (χ2n) is 7.57. The highest BCUT2D eigenvalue weighted by Crippen LogP contribution is 2.23. The van der Waals surface area contributed by atoms with Gasteiger partial charge in [0.25, 0.3) is 11.7 Å². The van der Waals surface area contributed by atoms with Crippen molar-refractivity contribution in [2.75, 3.05) is 18.4 Å². The van der Waals surface area contributed by atoms with Gasteiger partial charge in [-0.05, 0) is 37.0 Å². The predicted molar refractivity (Wildman–Crippen MR) is 117 cm³/mol. The summed E-state index contributed by atoms with van der Waals surface area (Å²) >= 11 is 0. The molecule has 0 radical (unpaired) electrons. The van der Waals surface area contributed by atoms with Crippen LogP contribution < -0.4 is 5.32 Å². The van der Waals surface area contributed by atoms with E-state index in [9.17, 15) is 14.4 Å². The van der Waals surface area contributed by atoms with Crippen LogP contribution in [0.15, 0.2) is 54.7 Å². The van der Waals surface area contributed by atoms with Crippen LogP contribution in [-0.4, -0.2) is 40.2 Å². The Bertz CT molecular complexity index is 1110. The Kier molecular flexibility index (Phi) is 5.65. The number of carbonyl (C=O) groups is 3. The number of anilines is 1. The Labute approximate surface area is 175 Å². The first kappa shape index (κ1) is 19.9. The molecule has 1 aliphatic heterocycles. The molecule has 0 atom stereocenters. The van der Waals surface area contributed by atoms with E-state index in [1.165, 1.54) is 0 Å².